The maximum absolute atomic E-state index is 12.4. The van der Waals surface area contributed by atoms with Gasteiger partial charge in [-0.3, -0.25) is 0 Å². The van der Waals surface area contributed by atoms with E-state index in [9.17, 15) is 13.2 Å². The van der Waals surface area contributed by atoms with Crippen molar-refractivity contribution in [2.45, 2.75) is 25.7 Å². The van der Waals surface area contributed by atoms with Crippen LogP contribution in [-0.4, -0.2) is 45.7 Å². The Bertz CT molecular complexity index is 632. The van der Waals surface area contributed by atoms with Crippen molar-refractivity contribution in [2.24, 2.45) is 0 Å². The van der Waals surface area contributed by atoms with Crippen LogP contribution in [-0.2, 0) is 14.8 Å². The van der Waals surface area contributed by atoms with E-state index in [4.69, 9.17) is 4.74 Å². The normalized spacial score (nSPS) is 15.4. The van der Waals surface area contributed by atoms with Gasteiger partial charge in [-0.25, -0.2) is 17.9 Å². The monoisotopic (exact) mass is 312 g/mol. The summed E-state index contributed by atoms with van der Waals surface area (Å²) in [5.41, 5.74) is 2.48. The third-order valence-corrected chi connectivity index (χ3v) is 5.16. The van der Waals surface area contributed by atoms with Crippen molar-refractivity contribution in [1.29, 1.82) is 0 Å². The number of nitrogens with one attached hydrogen (secondary N) is 1. The van der Waals surface area contributed by atoms with Gasteiger partial charge in [0.05, 0.1) is 11.4 Å². The van der Waals surface area contributed by atoms with Crippen molar-refractivity contribution in [3.63, 3.8) is 0 Å². The maximum atomic E-state index is 12.4. The molecule has 1 saturated heterocycles. The molecule has 7 heteroatoms. The predicted molar refractivity (Wildman–Crippen MR) is 78.8 cm³/mol. The number of hydrogen-bond acceptors (Lipinski definition) is 4. The molecule has 6 nitrogen and oxygen atoms in total. The van der Waals surface area contributed by atoms with Crippen molar-refractivity contribution in [2.75, 3.05) is 26.2 Å². The first kappa shape index (κ1) is 15.8. The minimum Gasteiger partial charge on any atom is -0.448 e. The lowest BCUT2D eigenvalue weighted by molar-refractivity contribution is 0.159. The van der Waals surface area contributed by atoms with Crippen LogP contribution in [0.2, 0.25) is 0 Å². The highest BCUT2D eigenvalue weighted by Crippen LogP contribution is 2.21. The Hall–Kier alpha value is -1.60. The molecule has 0 saturated carbocycles. The number of amides is 1. The van der Waals surface area contributed by atoms with Gasteiger partial charge in [-0.2, -0.15) is 0 Å². The summed E-state index contributed by atoms with van der Waals surface area (Å²) in [6.07, 6.45) is -0.392. The van der Waals surface area contributed by atoms with Crippen LogP contribution in [0.15, 0.2) is 17.0 Å². The Balaban J connectivity index is 2.07. The van der Waals surface area contributed by atoms with Gasteiger partial charge in [-0.1, -0.05) is 17.7 Å². The standard InChI is InChI=1S/C14H20N2O4S/c1-10-8-11(2)13(12(3)9-10)21(18,19)15-4-5-16-6-7-20-14(16)17/h8-9,15H,4-7H2,1-3H3. The van der Waals surface area contributed by atoms with Crippen LogP contribution < -0.4 is 4.72 Å². The van der Waals surface area contributed by atoms with E-state index < -0.39 is 16.1 Å². The molecule has 0 aromatic heterocycles. The second kappa shape index (κ2) is 6.03. The predicted octanol–water partition coefficient (Wildman–Crippen LogP) is 1.34. The molecule has 1 aromatic carbocycles. The number of sulfonamides is 1. The van der Waals surface area contributed by atoms with Crippen LogP contribution in [0, 0.1) is 20.8 Å². The fourth-order valence-corrected chi connectivity index (χ4v) is 4.08. The second-order valence-corrected chi connectivity index (χ2v) is 6.93. The molecule has 1 N–H and O–H groups in total. The number of ether oxygens (including phenoxy) is 1. The fourth-order valence-electron chi connectivity index (χ4n) is 2.61. The molecule has 1 aromatic rings. The number of aryl methyl sites for hydroxylation is 3. The summed E-state index contributed by atoms with van der Waals surface area (Å²) in [5.74, 6) is 0. The number of carbonyl (C=O) groups excluding carboxylic acids is 1. The van der Waals surface area contributed by atoms with Crippen molar-refractivity contribution in [3.8, 4) is 0 Å². The Morgan fingerprint density at radius 2 is 1.86 bits per heavy atom. The smallest absolute Gasteiger partial charge is 0.409 e. The Labute approximate surface area is 125 Å². The number of hydrogen-bond donors (Lipinski definition) is 1. The first-order chi connectivity index (χ1) is 9.81. The van der Waals surface area contributed by atoms with E-state index in [0.717, 1.165) is 16.7 Å². The van der Waals surface area contributed by atoms with Crippen LogP contribution >= 0.6 is 0 Å². The summed E-state index contributed by atoms with van der Waals surface area (Å²) in [6.45, 7) is 6.85. The van der Waals surface area contributed by atoms with Crippen LogP contribution in [0.3, 0.4) is 0 Å². The largest absolute Gasteiger partial charge is 0.448 e. The lowest BCUT2D eigenvalue weighted by Gasteiger charge is -2.15. The van der Waals surface area contributed by atoms with E-state index in [1.54, 1.807) is 13.8 Å². The van der Waals surface area contributed by atoms with Gasteiger partial charge < -0.3 is 9.64 Å². The highest BCUT2D eigenvalue weighted by Gasteiger charge is 2.23. The molecule has 0 radical (unpaired) electrons. The highest BCUT2D eigenvalue weighted by molar-refractivity contribution is 7.89. The third kappa shape index (κ3) is 3.54. The average Bonchev–Trinajstić information content (AvgIpc) is 2.73. The van der Waals surface area contributed by atoms with E-state index in [-0.39, 0.29) is 6.54 Å². The highest BCUT2D eigenvalue weighted by atomic mass is 32.2. The van der Waals surface area contributed by atoms with Crippen LogP contribution in [0.1, 0.15) is 16.7 Å². The van der Waals surface area contributed by atoms with Gasteiger partial charge in [0, 0.05) is 13.1 Å². The first-order valence-corrected chi connectivity index (χ1v) is 8.29. The second-order valence-electron chi connectivity index (χ2n) is 5.23. The molecule has 116 valence electrons. The molecular formula is C14H20N2O4S. The summed E-state index contributed by atoms with van der Waals surface area (Å²) in [6, 6.07) is 3.69. The zero-order valence-corrected chi connectivity index (χ0v) is 13.3. The molecule has 1 aliphatic heterocycles. The summed E-state index contributed by atoms with van der Waals surface area (Å²) in [5, 5.41) is 0. The molecule has 0 aliphatic carbocycles. The molecule has 2 rings (SSSR count). The molecule has 0 unspecified atom stereocenters. The molecular weight excluding hydrogens is 292 g/mol. The first-order valence-electron chi connectivity index (χ1n) is 6.80. The SMILES string of the molecule is Cc1cc(C)c(S(=O)(=O)NCCN2CCOC2=O)c(C)c1. The minimum atomic E-state index is -3.58. The Morgan fingerprint density at radius 1 is 1.24 bits per heavy atom. The minimum absolute atomic E-state index is 0.171. The summed E-state index contributed by atoms with van der Waals surface area (Å²) in [4.78, 5) is 13.1. The molecule has 1 aliphatic rings. The summed E-state index contributed by atoms with van der Waals surface area (Å²) < 4.78 is 32.1. The quantitative estimate of drug-likeness (QED) is 0.890. The topological polar surface area (TPSA) is 75.7 Å². The summed E-state index contributed by atoms with van der Waals surface area (Å²) >= 11 is 0. The lowest BCUT2D eigenvalue weighted by Crippen LogP contribution is -2.35. The zero-order chi connectivity index (χ0) is 15.6. The number of nitrogens with zero attached hydrogens (tertiary/aromatic N) is 1. The van der Waals surface area contributed by atoms with Crippen molar-refractivity contribution < 1.29 is 17.9 Å². The van der Waals surface area contributed by atoms with Gasteiger partial charge in [0.1, 0.15) is 6.61 Å². The van der Waals surface area contributed by atoms with E-state index in [1.807, 2.05) is 19.1 Å². The molecule has 0 atom stereocenters. The Kier molecular flexibility index (Phi) is 4.53. The fraction of sp³-hybridized carbons (Fsp3) is 0.500. The molecule has 1 fully saturated rings. The van der Waals surface area contributed by atoms with Crippen LogP contribution in [0.5, 0.6) is 0 Å². The van der Waals surface area contributed by atoms with E-state index >= 15 is 0 Å². The molecule has 1 heterocycles. The van der Waals surface area contributed by atoms with E-state index in [1.165, 1.54) is 4.90 Å². The van der Waals surface area contributed by atoms with Crippen molar-refractivity contribution in [1.82, 2.24) is 9.62 Å². The van der Waals surface area contributed by atoms with Crippen molar-refractivity contribution >= 4 is 16.1 Å². The zero-order valence-electron chi connectivity index (χ0n) is 12.5. The van der Waals surface area contributed by atoms with Crippen molar-refractivity contribution in [3.05, 3.63) is 28.8 Å². The number of benzene rings is 1. The van der Waals surface area contributed by atoms with Gasteiger partial charge in [-0.15, -0.1) is 0 Å². The van der Waals surface area contributed by atoms with E-state index in [2.05, 4.69) is 4.72 Å². The van der Waals surface area contributed by atoms with Gasteiger partial charge in [0.15, 0.2) is 0 Å². The van der Waals surface area contributed by atoms with Crippen LogP contribution in [0.4, 0.5) is 4.79 Å². The van der Waals surface area contributed by atoms with Gasteiger partial charge in [0.25, 0.3) is 0 Å². The van der Waals surface area contributed by atoms with E-state index in [0.29, 0.717) is 24.6 Å². The van der Waals surface area contributed by atoms with Gasteiger partial charge in [-0.05, 0) is 31.9 Å². The molecule has 21 heavy (non-hydrogen) atoms. The molecule has 1 amide bonds. The third-order valence-electron chi connectivity index (χ3n) is 3.39. The van der Waals surface area contributed by atoms with Gasteiger partial charge in [0.2, 0.25) is 10.0 Å². The number of cyclic esters (lactones) is 1. The van der Waals surface area contributed by atoms with Gasteiger partial charge >= 0.3 is 6.09 Å². The van der Waals surface area contributed by atoms with Crippen LogP contribution in [0.25, 0.3) is 0 Å². The molecule has 0 bridgehead atoms. The Morgan fingerprint density at radius 3 is 2.38 bits per heavy atom. The maximum Gasteiger partial charge on any atom is 0.409 e. The molecule has 0 spiro atoms. The summed E-state index contributed by atoms with van der Waals surface area (Å²) in [7, 11) is -3.58. The number of rotatable bonds is 5. The average molecular weight is 312 g/mol. The lowest BCUT2D eigenvalue weighted by atomic mass is 10.1. The number of carbonyl (C=O) groups is 1.